The number of carbonyl (C=O) groups excluding carboxylic acids is 1. The lowest BCUT2D eigenvalue weighted by molar-refractivity contribution is -0.154. The van der Waals surface area contributed by atoms with Gasteiger partial charge < -0.3 is 10.5 Å². The first-order valence-electron chi connectivity index (χ1n) is 6.29. The van der Waals surface area contributed by atoms with Crippen LogP contribution in [0.1, 0.15) is 26.3 Å². The third kappa shape index (κ3) is 8.36. The van der Waals surface area contributed by atoms with E-state index in [1.807, 2.05) is 6.92 Å². The van der Waals surface area contributed by atoms with Gasteiger partial charge in [-0.15, -0.1) is 0 Å². The minimum atomic E-state index is -4.02. The number of hydrogen-bond donors (Lipinski definition) is 2. The Balaban J connectivity index is 0.000000401. The molecule has 0 radical (unpaired) electrons. The van der Waals surface area contributed by atoms with Gasteiger partial charge in [0.2, 0.25) is 0 Å². The highest BCUT2D eigenvalue weighted by Gasteiger charge is 2.21. The van der Waals surface area contributed by atoms with Gasteiger partial charge in [-0.25, -0.2) is 4.79 Å². The molecule has 1 aromatic rings. The van der Waals surface area contributed by atoms with Crippen molar-refractivity contribution in [1.82, 2.24) is 0 Å². The summed E-state index contributed by atoms with van der Waals surface area (Å²) < 4.78 is 34.4. The molecule has 0 aliphatic carbocycles. The number of nitrogens with zero attached hydrogens (tertiary/aromatic N) is 1. The van der Waals surface area contributed by atoms with Crippen molar-refractivity contribution in [2.24, 2.45) is 5.73 Å². The number of aryl methyl sites for hydroxylation is 1. The quantitative estimate of drug-likeness (QED) is 0.620. The number of ether oxygens (including phenoxy) is 1. The molecule has 1 atom stereocenters. The molecule has 0 saturated carbocycles. The Morgan fingerprint density at radius 3 is 2.09 bits per heavy atom. The normalized spacial score (nSPS) is 12.4. The van der Waals surface area contributed by atoms with Crippen molar-refractivity contribution in [3.8, 4) is 6.07 Å². The molecular formula is C14H20N2O5S. The molecule has 0 saturated heterocycles. The number of nitriles is 1. The van der Waals surface area contributed by atoms with E-state index in [2.05, 4.69) is 0 Å². The Morgan fingerprint density at radius 1 is 1.32 bits per heavy atom. The average Bonchev–Trinajstić information content (AvgIpc) is 2.36. The van der Waals surface area contributed by atoms with Crippen LogP contribution >= 0.6 is 0 Å². The second-order valence-corrected chi connectivity index (χ2v) is 6.85. The van der Waals surface area contributed by atoms with Crippen molar-refractivity contribution in [1.29, 1.82) is 5.26 Å². The molecule has 1 rings (SSSR count). The molecule has 0 spiro atoms. The highest BCUT2D eigenvalue weighted by atomic mass is 32.2. The summed E-state index contributed by atoms with van der Waals surface area (Å²) in [4.78, 5) is 10.8. The van der Waals surface area contributed by atoms with E-state index < -0.39 is 27.7 Å². The first-order valence-corrected chi connectivity index (χ1v) is 7.73. The summed E-state index contributed by atoms with van der Waals surface area (Å²) in [5.41, 5.74) is 5.47. The van der Waals surface area contributed by atoms with Crippen LogP contribution in [0.2, 0.25) is 0 Å². The molecule has 22 heavy (non-hydrogen) atoms. The Morgan fingerprint density at radius 2 is 1.77 bits per heavy atom. The minimum Gasteiger partial charge on any atom is -0.458 e. The van der Waals surface area contributed by atoms with Gasteiger partial charge in [0.1, 0.15) is 5.60 Å². The van der Waals surface area contributed by atoms with Crippen molar-refractivity contribution < 1.29 is 22.5 Å². The van der Waals surface area contributed by atoms with E-state index in [1.54, 1.807) is 39.0 Å². The fraction of sp³-hybridized carbons (Fsp3) is 0.429. The maximum Gasteiger partial charge on any atom is 0.338 e. The minimum absolute atomic E-state index is 0.0666. The van der Waals surface area contributed by atoms with Gasteiger partial charge in [-0.05, 0) is 39.8 Å². The highest BCUT2D eigenvalue weighted by molar-refractivity contribution is 7.85. The van der Waals surface area contributed by atoms with Gasteiger partial charge >= 0.3 is 5.97 Å². The Kier molecular flexibility index (Phi) is 7.19. The molecule has 1 aromatic carbocycles. The average molecular weight is 328 g/mol. The molecule has 3 N–H and O–H groups in total. The van der Waals surface area contributed by atoms with Gasteiger partial charge in [0.05, 0.1) is 11.0 Å². The van der Waals surface area contributed by atoms with Crippen LogP contribution in [0.5, 0.6) is 0 Å². The maximum absolute atomic E-state index is 10.8. The van der Waals surface area contributed by atoms with Gasteiger partial charge in [-0.1, -0.05) is 17.7 Å². The molecule has 122 valence electrons. The zero-order chi connectivity index (χ0) is 17.6. The Hall–Kier alpha value is -1.95. The lowest BCUT2D eigenvalue weighted by atomic mass is 10.2. The maximum atomic E-state index is 10.8. The van der Waals surface area contributed by atoms with Crippen LogP contribution in [-0.2, 0) is 19.6 Å². The van der Waals surface area contributed by atoms with E-state index in [4.69, 9.17) is 20.3 Å². The molecule has 0 heterocycles. The predicted octanol–water partition coefficient (Wildman–Crippen LogP) is 1.42. The number of esters is 1. The van der Waals surface area contributed by atoms with Gasteiger partial charge in [0.15, 0.2) is 6.04 Å². The lowest BCUT2D eigenvalue weighted by Gasteiger charge is -2.19. The fourth-order valence-electron chi connectivity index (χ4n) is 1.13. The monoisotopic (exact) mass is 328 g/mol. The summed E-state index contributed by atoms with van der Waals surface area (Å²) in [5.74, 6) is -0.681. The largest absolute Gasteiger partial charge is 0.458 e. The Labute approximate surface area is 130 Å². The molecule has 8 heteroatoms. The molecule has 0 aliphatic rings. The number of nitrogens with two attached hydrogens (primary N) is 1. The van der Waals surface area contributed by atoms with Gasteiger partial charge in [0.25, 0.3) is 10.1 Å². The van der Waals surface area contributed by atoms with E-state index in [-0.39, 0.29) is 4.90 Å². The zero-order valence-electron chi connectivity index (χ0n) is 12.9. The molecular weight excluding hydrogens is 308 g/mol. The number of carbonyl (C=O) groups is 1. The summed E-state index contributed by atoms with van der Waals surface area (Å²) in [6.07, 6.45) is 0. The van der Waals surface area contributed by atoms with E-state index in [1.165, 1.54) is 12.1 Å². The van der Waals surface area contributed by atoms with Crippen molar-refractivity contribution in [2.45, 2.75) is 44.2 Å². The topological polar surface area (TPSA) is 130 Å². The summed E-state index contributed by atoms with van der Waals surface area (Å²) in [5, 5.41) is 8.23. The SMILES string of the molecule is CC(C)(C)OC(=O)C(N)C#N.Cc1ccc(S(=O)(=O)O)cc1. The smallest absolute Gasteiger partial charge is 0.338 e. The third-order valence-electron chi connectivity index (χ3n) is 2.12. The van der Waals surface area contributed by atoms with E-state index >= 15 is 0 Å². The van der Waals surface area contributed by atoms with Crippen molar-refractivity contribution >= 4 is 16.1 Å². The number of benzene rings is 1. The summed E-state index contributed by atoms with van der Waals surface area (Å²) in [7, 11) is -4.02. The second-order valence-electron chi connectivity index (χ2n) is 5.43. The summed E-state index contributed by atoms with van der Waals surface area (Å²) in [6, 6.07) is 6.41. The summed E-state index contributed by atoms with van der Waals surface area (Å²) in [6.45, 7) is 6.99. The van der Waals surface area contributed by atoms with Crippen LogP contribution in [0, 0.1) is 18.3 Å². The van der Waals surface area contributed by atoms with E-state index in [0.717, 1.165) is 5.56 Å². The van der Waals surface area contributed by atoms with Crippen LogP contribution in [0.15, 0.2) is 29.2 Å². The van der Waals surface area contributed by atoms with Crippen LogP contribution in [-0.4, -0.2) is 30.6 Å². The summed E-state index contributed by atoms with van der Waals surface area (Å²) >= 11 is 0. The van der Waals surface area contributed by atoms with E-state index in [9.17, 15) is 13.2 Å². The molecule has 7 nitrogen and oxygen atoms in total. The second kappa shape index (κ2) is 7.89. The van der Waals surface area contributed by atoms with Crippen molar-refractivity contribution in [2.75, 3.05) is 0 Å². The van der Waals surface area contributed by atoms with E-state index in [0.29, 0.717) is 0 Å². The fourth-order valence-corrected chi connectivity index (χ4v) is 1.61. The molecule has 0 fully saturated rings. The molecule has 0 aliphatic heterocycles. The standard InChI is InChI=1S/C7H12N2O2.C7H8O3S/c1-7(2,3)11-6(10)5(9)4-8;1-6-2-4-7(5-3-6)11(8,9)10/h5H,9H2,1-3H3;2-5H,1H3,(H,8,9,10). The molecule has 1 unspecified atom stereocenters. The van der Waals surface area contributed by atoms with Gasteiger partial charge in [-0.2, -0.15) is 13.7 Å². The highest BCUT2D eigenvalue weighted by Crippen LogP contribution is 2.08. The number of rotatable bonds is 2. The van der Waals surface area contributed by atoms with Crippen LogP contribution in [0.4, 0.5) is 0 Å². The Bertz CT molecular complexity index is 639. The van der Waals surface area contributed by atoms with Gasteiger partial charge in [0, 0.05) is 0 Å². The predicted molar refractivity (Wildman–Crippen MR) is 80.4 cm³/mol. The van der Waals surface area contributed by atoms with Crippen molar-refractivity contribution in [3.05, 3.63) is 29.8 Å². The lowest BCUT2D eigenvalue weighted by Crippen LogP contribution is -2.36. The molecule has 0 bridgehead atoms. The first kappa shape index (κ1) is 20.1. The van der Waals surface area contributed by atoms with Crippen LogP contribution in [0.25, 0.3) is 0 Å². The van der Waals surface area contributed by atoms with Crippen molar-refractivity contribution in [3.63, 3.8) is 0 Å². The van der Waals surface area contributed by atoms with Crippen LogP contribution in [0.3, 0.4) is 0 Å². The molecule has 0 amide bonds. The number of hydrogen-bond acceptors (Lipinski definition) is 6. The van der Waals surface area contributed by atoms with Crippen LogP contribution < -0.4 is 5.73 Å². The first-order chi connectivity index (χ1) is 9.86. The third-order valence-corrected chi connectivity index (χ3v) is 2.99. The van der Waals surface area contributed by atoms with Gasteiger partial charge in [-0.3, -0.25) is 4.55 Å². The molecule has 0 aromatic heterocycles. The zero-order valence-corrected chi connectivity index (χ0v) is 13.7.